The first-order chi connectivity index (χ1) is 12.5. The molecule has 7 heteroatoms. The monoisotopic (exact) mass is 358 g/mol. The highest BCUT2D eigenvalue weighted by Gasteiger charge is 2.18. The SMILES string of the molecule is Cc1cc(/C=C(\C#N)c2nnc3n2CCCCC3)cc(C)c1OC(F)F. The second-order valence-electron chi connectivity index (χ2n) is 6.43. The first-order valence-corrected chi connectivity index (χ1v) is 8.60. The highest BCUT2D eigenvalue weighted by Crippen LogP contribution is 2.28. The summed E-state index contributed by atoms with van der Waals surface area (Å²) in [5, 5.41) is 18.1. The Morgan fingerprint density at radius 3 is 2.62 bits per heavy atom. The van der Waals surface area contributed by atoms with Crippen molar-refractivity contribution >= 4 is 11.6 Å². The van der Waals surface area contributed by atoms with Gasteiger partial charge in [0, 0.05) is 13.0 Å². The van der Waals surface area contributed by atoms with Gasteiger partial charge in [-0.15, -0.1) is 10.2 Å². The summed E-state index contributed by atoms with van der Waals surface area (Å²) in [6.07, 6.45) is 5.83. The van der Waals surface area contributed by atoms with Crippen molar-refractivity contribution in [3.8, 4) is 11.8 Å². The molecular formula is C19H20F2N4O. The molecule has 1 aliphatic heterocycles. The molecule has 136 valence electrons. The van der Waals surface area contributed by atoms with Crippen LogP contribution in [-0.2, 0) is 13.0 Å². The number of aromatic nitrogens is 3. The molecule has 0 atom stereocenters. The van der Waals surface area contributed by atoms with Crippen LogP contribution >= 0.6 is 0 Å². The fourth-order valence-corrected chi connectivity index (χ4v) is 3.34. The minimum atomic E-state index is -2.87. The van der Waals surface area contributed by atoms with Crippen molar-refractivity contribution in [2.75, 3.05) is 0 Å². The lowest BCUT2D eigenvalue weighted by atomic mass is 10.0. The molecule has 0 unspecified atom stereocenters. The van der Waals surface area contributed by atoms with Crippen molar-refractivity contribution in [2.24, 2.45) is 0 Å². The van der Waals surface area contributed by atoms with Gasteiger partial charge in [0.25, 0.3) is 0 Å². The van der Waals surface area contributed by atoms with E-state index in [4.69, 9.17) is 0 Å². The number of nitriles is 1. The molecule has 0 bridgehead atoms. The Balaban J connectivity index is 1.98. The molecule has 0 aliphatic carbocycles. The number of allylic oxidation sites excluding steroid dienone is 1. The van der Waals surface area contributed by atoms with E-state index in [2.05, 4.69) is 21.0 Å². The van der Waals surface area contributed by atoms with Crippen LogP contribution in [0.3, 0.4) is 0 Å². The Kier molecular flexibility index (Phi) is 5.31. The lowest BCUT2D eigenvalue weighted by molar-refractivity contribution is -0.0507. The first-order valence-electron chi connectivity index (χ1n) is 8.60. The summed E-state index contributed by atoms with van der Waals surface area (Å²) in [4.78, 5) is 0. The van der Waals surface area contributed by atoms with Gasteiger partial charge in [0.15, 0.2) is 5.82 Å². The molecule has 1 aromatic heterocycles. The van der Waals surface area contributed by atoms with Crippen LogP contribution in [0.15, 0.2) is 12.1 Å². The van der Waals surface area contributed by atoms with Crippen LogP contribution in [0.2, 0.25) is 0 Å². The summed E-state index contributed by atoms with van der Waals surface area (Å²) in [6.45, 7) is 1.35. The van der Waals surface area contributed by atoms with Crippen LogP contribution in [0.1, 0.15) is 47.6 Å². The summed E-state index contributed by atoms with van der Waals surface area (Å²) in [7, 11) is 0. The summed E-state index contributed by atoms with van der Waals surface area (Å²) >= 11 is 0. The second kappa shape index (κ2) is 7.65. The van der Waals surface area contributed by atoms with Gasteiger partial charge in [-0.05, 0) is 61.6 Å². The van der Waals surface area contributed by atoms with Crippen LogP contribution in [0.4, 0.5) is 8.78 Å². The molecule has 0 saturated carbocycles. The molecule has 0 fully saturated rings. The summed E-state index contributed by atoms with van der Waals surface area (Å²) < 4.78 is 31.6. The molecule has 0 spiro atoms. The number of nitrogens with zero attached hydrogens (tertiary/aromatic N) is 4. The van der Waals surface area contributed by atoms with Crippen molar-refractivity contribution in [2.45, 2.75) is 52.7 Å². The molecule has 0 amide bonds. The molecule has 5 nitrogen and oxygen atoms in total. The minimum absolute atomic E-state index is 0.173. The smallest absolute Gasteiger partial charge is 0.387 e. The normalized spacial score (nSPS) is 14.7. The maximum atomic E-state index is 12.5. The standard InChI is InChI=1S/C19H20F2N4O/c1-12-8-14(9-13(2)17(12)26-19(20)21)10-15(11-22)18-24-23-16-6-4-3-5-7-25(16)18/h8-10,19H,3-7H2,1-2H3/b15-10+. The number of benzene rings is 1. The average molecular weight is 358 g/mol. The third-order valence-electron chi connectivity index (χ3n) is 4.47. The first kappa shape index (κ1) is 18.1. The van der Waals surface area contributed by atoms with E-state index in [1.54, 1.807) is 32.1 Å². The molecule has 1 aliphatic rings. The van der Waals surface area contributed by atoms with E-state index in [1.807, 2.05) is 4.57 Å². The Bertz CT molecular complexity index is 857. The lowest BCUT2D eigenvalue weighted by Crippen LogP contribution is -2.06. The molecular weight excluding hydrogens is 338 g/mol. The number of ether oxygens (including phenoxy) is 1. The number of hydrogen-bond donors (Lipinski definition) is 0. The maximum absolute atomic E-state index is 12.5. The Hall–Kier alpha value is -2.75. The third kappa shape index (κ3) is 3.74. The van der Waals surface area contributed by atoms with E-state index in [1.165, 1.54) is 0 Å². The number of aryl methyl sites for hydroxylation is 3. The van der Waals surface area contributed by atoms with Crippen LogP contribution in [-0.4, -0.2) is 21.4 Å². The van der Waals surface area contributed by atoms with E-state index in [0.717, 1.165) is 43.6 Å². The number of halogens is 2. The molecule has 0 N–H and O–H groups in total. The summed E-state index contributed by atoms with van der Waals surface area (Å²) in [6, 6.07) is 5.64. The average Bonchev–Trinajstić information content (AvgIpc) is 2.84. The molecule has 26 heavy (non-hydrogen) atoms. The highest BCUT2D eigenvalue weighted by molar-refractivity contribution is 5.87. The van der Waals surface area contributed by atoms with E-state index < -0.39 is 6.61 Å². The van der Waals surface area contributed by atoms with Gasteiger partial charge in [-0.3, -0.25) is 0 Å². The topological polar surface area (TPSA) is 63.7 Å². The third-order valence-corrected chi connectivity index (χ3v) is 4.47. The van der Waals surface area contributed by atoms with Crippen molar-refractivity contribution < 1.29 is 13.5 Å². The molecule has 1 aromatic carbocycles. The van der Waals surface area contributed by atoms with Crippen molar-refractivity contribution in [1.82, 2.24) is 14.8 Å². The van der Waals surface area contributed by atoms with Crippen LogP contribution < -0.4 is 4.74 Å². The number of hydrogen-bond acceptors (Lipinski definition) is 4. The van der Waals surface area contributed by atoms with Crippen molar-refractivity contribution in [3.63, 3.8) is 0 Å². The van der Waals surface area contributed by atoms with Crippen LogP contribution in [0, 0.1) is 25.2 Å². The molecule has 0 radical (unpaired) electrons. The number of rotatable bonds is 4. The van der Waals surface area contributed by atoms with Crippen LogP contribution in [0.25, 0.3) is 11.6 Å². The Labute approximate surface area is 150 Å². The van der Waals surface area contributed by atoms with E-state index in [-0.39, 0.29) is 5.75 Å². The fourth-order valence-electron chi connectivity index (χ4n) is 3.34. The Morgan fingerprint density at radius 2 is 1.96 bits per heavy atom. The quantitative estimate of drug-likeness (QED) is 0.765. The largest absolute Gasteiger partial charge is 0.434 e. The zero-order chi connectivity index (χ0) is 18.7. The zero-order valence-electron chi connectivity index (χ0n) is 14.8. The summed E-state index contributed by atoms with van der Waals surface area (Å²) in [5.74, 6) is 1.64. The van der Waals surface area contributed by atoms with Crippen molar-refractivity contribution in [1.29, 1.82) is 5.26 Å². The Morgan fingerprint density at radius 1 is 1.23 bits per heavy atom. The fraction of sp³-hybridized carbons (Fsp3) is 0.421. The molecule has 0 saturated heterocycles. The molecule has 2 aromatic rings. The van der Waals surface area contributed by atoms with Gasteiger partial charge in [-0.2, -0.15) is 14.0 Å². The van der Waals surface area contributed by atoms with Crippen molar-refractivity contribution in [3.05, 3.63) is 40.5 Å². The zero-order valence-corrected chi connectivity index (χ0v) is 14.8. The highest BCUT2D eigenvalue weighted by atomic mass is 19.3. The summed E-state index contributed by atoms with van der Waals surface area (Å²) in [5.41, 5.74) is 2.33. The number of alkyl halides is 2. The lowest BCUT2D eigenvalue weighted by Gasteiger charge is -2.12. The van der Waals surface area contributed by atoms with Gasteiger partial charge < -0.3 is 9.30 Å². The molecule has 3 rings (SSSR count). The second-order valence-corrected chi connectivity index (χ2v) is 6.43. The van der Waals surface area contributed by atoms with E-state index >= 15 is 0 Å². The van der Waals surface area contributed by atoms with Crippen LogP contribution in [0.5, 0.6) is 5.75 Å². The van der Waals surface area contributed by atoms with Gasteiger partial charge in [0.2, 0.25) is 0 Å². The predicted molar refractivity (Wildman–Crippen MR) is 93.6 cm³/mol. The van der Waals surface area contributed by atoms with Gasteiger partial charge in [-0.25, -0.2) is 0 Å². The van der Waals surface area contributed by atoms with E-state index in [0.29, 0.717) is 22.5 Å². The van der Waals surface area contributed by atoms with Gasteiger partial charge >= 0.3 is 6.61 Å². The maximum Gasteiger partial charge on any atom is 0.387 e. The predicted octanol–water partition coefficient (Wildman–Crippen LogP) is 4.29. The van der Waals surface area contributed by atoms with Gasteiger partial charge in [0.05, 0.1) is 5.57 Å². The number of fused-ring (bicyclic) bond motifs is 1. The van der Waals surface area contributed by atoms with Gasteiger partial charge in [0.1, 0.15) is 17.6 Å². The van der Waals surface area contributed by atoms with Gasteiger partial charge in [-0.1, -0.05) is 6.42 Å². The minimum Gasteiger partial charge on any atom is -0.434 e. The molecule has 2 heterocycles. The van der Waals surface area contributed by atoms with E-state index in [9.17, 15) is 14.0 Å².